The van der Waals surface area contributed by atoms with E-state index in [-0.39, 0.29) is 5.78 Å². The van der Waals surface area contributed by atoms with E-state index >= 15 is 0 Å². The van der Waals surface area contributed by atoms with E-state index in [0.717, 1.165) is 11.1 Å². The molecule has 0 saturated carbocycles. The molecule has 62 valence electrons. The zero-order valence-electron chi connectivity index (χ0n) is 7.22. The van der Waals surface area contributed by atoms with Crippen LogP contribution in [0.3, 0.4) is 0 Å². The van der Waals surface area contributed by atoms with Crippen molar-refractivity contribution in [3.05, 3.63) is 34.9 Å². The summed E-state index contributed by atoms with van der Waals surface area (Å²) in [4.78, 5) is 11.1. The van der Waals surface area contributed by atoms with Gasteiger partial charge >= 0.3 is 0 Å². The van der Waals surface area contributed by atoms with Crippen LogP contribution in [0, 0.1) is 12.3 Å². The number of benzene rings is 1. The molecule has 1 aromatic carbocycles. The number of rotatable bonds is 2. The van der Waals surface area contributed by atoms with Crippen LogP contribution < -0.4 is 0 Å². The van der Waals surface area contributed by atoms with Crippen LogP contribution in [0.4, 0.5) is 0 Å². The molecule has 0 atom stereocenters. The lowest BCUT2D eigenvalue weighted by Gasteiger charge is -2.03. The Hall–Kier alpha value is -1.44. The third-order valence-electron chi connectivity index (χ3n) is 1.85. The number of nitrogens with one attached hydrogen (secondary N) is 1. The third kappa shape index (κ3) is 1.42. The Morgan fingerprint density at radius 2 is 2.17 bits per heavy atom. The van der Waals surface area contributed by atoms with E-state index in [9.17, 15) is 4.79 Å². The molecule has 0 unspecified atom stereocenters. The number of Topliss-reactive ketones (excluding diaryl/α,β-unsaturated/α-hetero) is 1. The van der Waals surface area contributed by atoms with Gasteiger partial charge in [0, 0.05) is 17.3 Å². The van der Waals surface area contributed by atoms with Crippen molar-refractivity contribution >= 4 is 12.0 Å². The second kappa shape index (κ2) is 3.30. The first-order valence-corrected chi connectivity index (χ1v) is 3.78. The van der Waals surface area contributed by atoms with Gasteiger partial charge in [0.25, 0.3) is 0 Å². The highest BCUT2D eigenvalue weighted by atomic mass is 16.1. The summed E-state index contributed by atoms with van der Waals surface area (Å²) in [6, 6.07) is 5.47. The van der Waals surface area contributed by atoms with Gasteiger partial charge < -0.3 is 5.41 Å². The van der Waals surface area contributed by atoms with Crippen molar-refractivity contribution in [1.29, 1.82) is 5.41 Å². The highest BCUT2D eigenvalue weighted by Crippen LogP contribution is 2.11. The average Bonchev–Trinajstić information content (AvgIpc) is 2.03. The Kier molecular flexibility index (Phi) is 2.38. The van der Waals surface area contributed by atoms with Crippen molar-refractivity contribution < 1.29 is 4.79 Å². The van der Waals surface area contributed by atoms with Crippen LogP contribution in [0.15, 0.2) is 18.2 Å². The molecule has 2 nitrogen and oxygen atoms in total. The standard InChI is InChI=1S/C10H11NO/c1-7-4-3-5-9(8(2)12)10(7)6-11/h3-6,11H,1-2H3. The fourth-order valence-corrected chi connectivity index (χ4v) is 1.18. The Balaban J connectivity index is 3.37. The van der Waals surface area contributed by atoms with Crippen LogP contribution in [-0.2, 0) is 0 Å². The van der Waals surface area contributed by atoms with Crippen LogP contribution in [0.1, 0.15) is 28.4 Å². The van der Waals surface area contributed by atoms with Gasteiger partial charge in [0.1, 0.15) is 0 Å². The van der Waals surface area contributed by atoms with Gasteiger partial charge in [0.15, 0.2) is 5.78 Å². The van der Waals surface area contributed by atoms with Crippen LogP contribution >= 0.6 is 0 Å². The number of hydrogen-bond acceptors (Lipinski definition) is 2. The lowest BCUT2D eigenvalue weighted by Crippen LogP contribution is -2.00. The normalized spacial score (nSPS) is 9.50. The third-order valence-corrected chi connectivity index (χ3v) is 1.85. The number of aryl methyl sites for hydroxylation is 1. The van der Waals surface area contributed by atoms with Gasteiger partial charge in [-0.2, -0.15) is 0 Å². The van der Waals surface area contributed by atoms with E-state index in [2.05, 4.69) is 0 Å². The molecule has 0 radical (unpaired) electrons. The summed E-state index contributed by atoms with van der Waals surface area (Å²) >= 11 is 0. The fourth-order valence-electron chi connectivity index (χ4n) is 1.18. The minimum Gasteiger partial charge on any atom is -0.308 e. The van der Waals surface area contributed by atoms with E-state index in [1.54, 1.807) is 6.07 Å². The second-order valence-corrected chi connectivity index (χ2v) is 2.74. The maximum atomic E-state index is 11.1. The molecular formula is C10H11NO. The summed E-state index contributed by atoms with van der Waals surface area (Å²) in [6.07, 6.45) is 1.23. The van der Waals surface area contributed by atoms with Crippen LogP contribution in [0.5, 0.6) is 0 Å². The highest BCUT2D eigenvalue weighted by molar-refractivity contribution is 6.02. The number of carbonyl (C=O) groups excluding carboxylic acids is 1. The van der Waals surface area contributed by atoms with Gasteiger partial charge in [-0.05, 0) is 19.4 Å². The van der Waals surface area contributed by atoms with Crippen LogP contribution in [-0.4, -0.2) is 12.0 Å². The smallest absolute Gasteiger partial charge is 0.160 e. The van der Waals surface area contributed by atoms with Crippen LogP contribution in [0.25, 0.3) is 0 Å². The average molecular weight is 161 g/mol. The molecule has 0 saturated heterocycles. The van der Waals surface area contributed by atoms with Crippen LogP contribution in [0.2, 0.25) is 0 Å². The lowest BCUT2D eigenvalue weighted by atomic mass is 10.0. The minimum atomic E-state index is 0.0113. The molecule has 0 aliphatic heterocycles. The Bertz CT molecular complexity index is 329. The van der Waals surface area contributed by atoms with Crippen molar-refractivity contribution in [3.8, 4) is 0 Å². The predicted molar refractivity (Wildman–Crippen MR) is 49.1 cm³/mol. The molecular weight excluding hydrogens is 150 g/mol. The van der Waals surface area contributed by atoms with Gasteiger partial charge in [-0.25, -0.2) is 0 Å². The zero-order valence-corrected chi connectivity index (χ0v) is 7.22. The number of hydrogen-bond donors (Lipinski definition) is 1. The number of ketones is 1. The highest BCUT2D eigenvalue weighted by Gasteiger charge is 2.05. The molecule has 0 bridgehead atoms. The van der Waals surface area contributed by atoms with Gasteiger partial charge in [0.05, 0.1) is 0 Å². The topological polar surface area (TPSA) is 40.9 Å². The van der Waals surface area contributed by atoms with Crippen molar-refractivity contribution in [2.45, 2.75) is 13.8 Å². The second-order valence-electron chi connectivity index (χ2n) is 2.74. The molecule has 0 amide bonds. The summed E-state index contributed by atoms with van der Waals surface area (Å²) in [5.74, 6) is 0.0113. The molecule has 2 heteroatoms. The first kappa shape index (κ1) is 8.65. The van der Waals surface area contributed by atoms with Gasteiger partial charge in [-0.3, -0.25) is 4.79 Å². The van der Waals surface area contributed by atoms with Gasteiger partial charge in [0.2, 0.25) is 0 Å². The zero-order chi connectivity index (χ0) is 9.14. The number of carbonyl (C=O) groups is 1. The summed E-state index contributed by atoms with van der Waals surface area (Å²) in [6.45, 7) is 3.41. The van der Waals surface area contributed by atoms with Crippen molar-refractivity contribution in [2.75, 3.05) is 0 Å². The Morgan fingerprint density at radius 3 is 2.58 bits per heavy atom. The Morgan fingerprint density at radius 1 is 1.50 bits per heavy atom. The molecule has 0 aliphatic rings. The molecule has 1 aromatic rings. The van der Waals surface area contributed by atoms with E-state index in [0.29, 0.717) is 5.56 Å². The predicted octanol–water partition coefficient (Wildman–Crippen LogP) is 2.20. The first-order chi connectivity index (χ1) is 5.66. The van der Waals surface area contributed by atoms with E-state index < -0.39 is 0 Å². The largest absolute Gasteiger partial charge is 0.308 e. The SMILES string of the molecule is CC(=O)c1cccc(C)c1C=N. The molecule has 0 aromatic heterocycles. The van der Waals surface area contributed by atoms with Crippen molar-refractivity contribution in [3.63, 3.8) is 0 Å². The van der Waals surface area contributed by atoms with Crippen molar-refractivity contribution in [2.24, 2.45) is 0 Å². The van der Waals surface area contributed by atoms with E-state index in [4.69, 9.17) is 5.41 Å². The Labute approximate surface area is 71.7 Å². The van der Waals surface area contributed by atoms with E-state index in [1.165, 1.54) is 13.1 Å². The summed E-state index contributed by atoms with van der Waals surface area (Å²) < 4.78 is 0. The summed E-state index contributed by atoms with van der Waals surface area (Å²) in [7, 11) is 0. The van der Waals surface area contributed by atoms with Gasteiger partial charge in [-0.15, -0.1) is 0 Å². The molecule has 0 spiro atoms. The minimum absolute atomic E-state index is 0.0113. The molecule has 0 heterocycles. The molecule has 1 N–H and O–H groups in total. The quantitative estimate of drug-likeness (QED) is 0.524. The van der Waals surface area contributed by atoms with Gasteiger partial charge in [-0.1, -0.05) is 18.2 Å². The first-order valence-electron chi connectivity index (χ1n) is 3.78. The fraction of sp³-hybridized carbons (Fsp3) is 0.200. The summed E-state index contributed by atoms with van der Waals surface area (Å²) in [5.41, 5.74) is 2.33. The monoisotopic (exact) mass is 161 g/mol. The lowest BCUT2D eigenvalue weighted by molar-refractivity contribution is 0.101. The maximum Gasteiger partial charge on any atom is 0.160 e. The summed E-state index contributed by atoms with van der Waals surface area (Å²) in [5, 5.41) is 7.14. The molecule has 0 aliphatic carbocycles. The van der Waals surface area contributed by atoms with E-state index in [1.807, 2.05) is 19.1 Å². The van der Waals surface area contributed by atoms with Crippen molar-refractivity contribution in [1.82, 2.24) is 0 Å². The molecule has 0 fully saturated rings. The molecule has 12 heavy (non-hydrogen) atoms. The molecule has 1 rings (SSSR count). The maximum absolute atomic E-state index is 11.1.